The Kier molecular flexibility index (Phi) is 16.1. The van der Waals surface area contributed by atoms with Crippen molar-refractivity contribution in [3.05, 3.63) is 0 Å². The zero-order chi connectivity index (χ0) is 15.1. The van der Waals surface area contributed by atoms with Crippen LogP contribution in [0.4, 0.5) is 0 Å². The third-order valence-corrected chi connectivity index (χ3v) is 8.31. The average molecular weight is 362 g/mol. The molecule has 1 heterocycles. The Balaban J connectivity index is 0.000000493. The summed E-state index contributed by atoms with van der Waals surface area (Å²) in [5, 5.41) is 0. The van der Waals surface area contributed by atoms with Crippen molar-refractivity contribution in [1.82, 2.24) is 14.6 Å². The minimum atomic E-state index is -2.40. The van der Waals surface area contributed by atoms with Gasteiger partial charge in [-0.15, -0.1) is 0 Å². The summed E-state index contributed by atoms with van der Waals surface area (Å²) < 4.78 is 17.0. The van der Waals surface area contributed by atoms with Gasteiger partial charge in [0, 0.05) is 52.5 Å². The zero-order valence-electron chi connectivity index (χ0n) is 12.5. The van der Waals surface area contributed by atoms with Crippen LogP contribution in [0.5, 0.6) is 0 Å². The molecule has 0 bridgehead atoms. The summed E-state index contributed by atoms with van der Waals surface area (Å²) in [6.45, 7) is 8.44. The Morgan fingerprint density at radius 1 is 0.850 bits per heavy atom. The number of hydrogen-bond donors (Lipinski definition) is 4. The van der Waals surface area contributed by atoms with Gasteiger partial charge in [0.2, 0.25) is 0 Å². The molecule has 11 heteroatoms. The normalized spacial score (nSPS) is 19.2. The first-order chi connectivity index (χ1) is 9.74. The maximum atomic E-state index is 5.65. The van der Waals surface area contributed by atoms with E-state index in [1.54, 1.807) is 0 Å². The number of nitrogens with one attached hydrogen (secondary N) is 3. The van der Waals surface area contributed by atoms with Crippen LogP contribution in [0.1, 0.15) is 27.2 Å². The molecule has 7 nitrogen and oxygen atoms in total. The third kappa shape index (κ3) is 10.9. The van der Waals surface area contributed by atoms with E-state index in [2.05, 4.69) is 14.6 Å². The molecule has 0 unspecified atom stereocenters. The van der Waals surface area contributed by atoms with Crippen LogP contribution in [-0.2, 0) is 13.3 Å². The number of nitrogens with two attached hydrogens (primary N) is 1. The molecule has 5 N–H and O–H groups in total. The van der Waals surface area contributed by atoms with E-state index in [-0.39, 0.29) is 0 Å². The Hall–Kier alpha value is 1.23. The molecule has 1 saturated heterocycles. The highest BCUT2D eigenvalue weighted by molar-refractivity contribution is 7.65. The molecule has 20 heavy (non-hydrogen) atoms. The highest BCUT2D eigenvalue weighted by Crippen LogP contribution is 2.23. The van der Waals surface area contributed by atoms with Gasteiger partial charge in [-0.3, -0.25) is 14.6 Å². The molecule has 0 amide bonds. The van der Waals surface area contributed by atoms with Gasteiger partial charge in [0.15, 0.2) is 0 Å². The van der Waals surface area contributed by atoms with Crippen molar-refractivity contribution < 1.29 is 13.3 Å². The van der Waals surface area contributed by atoms with E-state index >= 15 is 0 Å². The standard InChI is InChI=1S/C9H23NO3Si.H6N3P3/c1-4-11-14(12-5-2,13-6-3)9-7-8-10;1-4-2-6-3-5-1/h4-10H2,1-3H3;1-6H. The van der Waals surface area contributed by atoms with E-state index in [0.29, 0.717) is 26.4 Å². The molecule has 0 aromatic carbocycles. The Morgan fingerprint density at radius 2 is 1.25 bits per heavy atom. The molecule has 0 saturated carbocycles. The fraction of sp³-hybridized carbons (Fsp3) is 1.00. The van der Waals surface area contributed by atoms with Crippen molar-refractivity contribution in [2.45, 2.75) is 33.2 Å². The molecular weight excluding hydrogens is 333 g/mol. The van der Waals surface area contributed by atoms with Crippen molar-refractivity contribution in [2.24, 2.45) is 5.73 Å². The summed E-state index contributed by atoms with van der Waals surface area (Å²) in [5.41, 5.74) is 5.48. The molecule has 0 aliphatic carbocycles. The number of rotatable bonds is 9. The lowest BCUT2D eigenvalue weighted by atomic mass is 10.5. The highest BCUT2D eigenvalue weighted by atomic mass is 31.2. The summed E-state index contributed by atoms with van der Waals surface area (Å²) in [4.78, 5) is 9.38. The van der Waals surface area contributed by atoms with Crippen LogP contribution in [0.3, 0.4) is 0 Å². The first-order valence-electron chi connectivity index (χ1n) is 6.86. The second-order valence-corrected chi connectivity index (χ2v) is 10.1. The Bertz CT molecular complexity index is 190. The van der Waals surface area contributed by atoms with Gasteiger partial charge in [0.05, 0.1) is 0 Å². The summed E-state index contributed by atoms with van der Waals surface area (Å²) in [7, 11) is -0.105. The van der Waals surface area contributed by atoms with Gasteiger partial charge < -0.3 is 19.0 Å². The molecule has 1 aliphatic heterocycles. The Morgan fingerprint density at radius 3 is 1.50 bits per heavy atom. The first-order valence-corrected chi connectivity index (χ1v) is 11.8. The largest absolute Gasteiger partial charge is 0.500 e. The molecule has 122 valence electrons. The lowest BCUT2D eigenvalue weighted by molar-refractivity contribution is 0.0710. The quantitative estimate of drug-likeness (QED) is 0.366. The smallest absolute Gasteiger partial charge is 0.374 e. The lowest BCUT2D eigenvalue weighted by Crippen LogP contribution is -2.46. The van der Waals surface area contributed by atoms with E-state index in [9.17, 15) is 0 Å². The number of hydrogen-bond acceptors (Lipinski definition) is 7. The van der Waals surface area contributed by atoms with Gasteiger partial charge in [-0.05, 0) is 33.7 Å². The predicted molar refractivity (Wildman–Crippen MR) is 93.5 cm³/mol. The second-order valence-electron chi connectivity index (χ2n) is 3.62. The van der Waals surface area contributed by atoms with Crippen LogP contribution in [0.2, 0.25) is 6.04 Å². The zero-order valence-corrected chi connectivity index (χ0v) is 16.5. The van der Waals surface area contributed by atoms with Crippen molar-refractivity contribution in [2.75, 3.05) is 26.4 Å². The molecule has 1 rings (SSSR count). The van der Waals surface area contributed by atoms with Gasteiger partial charge in [-0.25, -0.2) is 0 Å². The summed E-state index contributed by atoms with van der Waals surface area (Å²) in [5.74, 6) is 0. The van der Waals surface area contributed by atoms with Crippen molar-refractivity contribution in [3.63, 3.8) is 0 Å². The molecule has 0 aromatic heterocycles. The maximum absolute atomic E-state index is 5.65. The average Bonchev–Trinajstić information content (AvgIpc) is 2.48. The van der Waals surface area contributed by atoms with E-state index in [1.807, 2.05) is 20.8 Å². The van der Waals surface area contributed by atoms with Gasteiger partial charge >= 0.3 is 8.80 Å². The summed E-state index contributed by atoms with van der Waals surface area (Å²) >= 11 is 0. The predicted octanol–water partition coefficient (Wildman–Crippen LogP) is 1.68. The van der Waals surface area contributed by atoms with Crippen molar-refractivity contribution in [3.8, 4) is 0 Å². The van der Waals surface area contributed by atoms with E-state index in [4.69, 9.17) is 19.0 Å². The monoisotopic (exact) mass is 362 g/mol. The van der Waals surface area contributed by atoms with Crippen LogP contribution in [0.15, 0.2) is 0 Å². The van der Waals surface area contributed by atoms with Crippen LogP contribution >= 0.6 is 26.6 Å². The molecule has 0 atom stereocenters. The van der Waals surface area contributed by atoms with Gasteiger partial charge in [-0.1, -0.05) is 0 Å². The minimum Gasteiger partial charge on any atom is -0.374 e. The molecule has 1 fully saturated rings. The topological polar surface area (TPSA) is 89.8 Å². The Labute approximate surface area is 129 Å². The summed E-state index contributed by atoms with van der Waals surface area (Å²) in [6.07, 6.45) is 0.895. The minimum absolute atomic E-state index is 0.636. The van der Waals surface area contributed by atoms with Crippen LogP contribution in [0.25, 0.3) is 0 Å². The fourth-order valence-corrected chi connectivity index (χ4v) is 7.33. The SMILES string of the molecule is CCO[Si](CCCN)(OCC)OCC.N1PNPNP1. The first kappa shape index (κ1) is 21.2. The molecule has 0 aromatic rings. The highest BCUT2D eigenvalue weighted by Gasteiger charge is 2.39. The van der Waals surface area contributed by atoms with Crippen molar-refractivity contribution >= 4 is 35.5 Å². The van der Waals surface area contributed by atoms with Crippen LogP contribution in [0, 0.1) is 0 Å². The van der Waals surface area contributed by atoms with E-state index < -0.39 is 8.80 Å². The molecule has 1 aliphatic rings. The van der Waals surface area contributed by atoms with E-state index in [0.717, 1.165) is 39.1 Å². The third-order valence-electron chi connectivity index (χ3n) is 2.15. The summed E-state index contributed by atoms with van der Waals surface area (Å²) in [6, 6.07) is 0.818. The van der Waals surface area contributed by atoms with Gasteiger partial charge in [-0.2, -0.15) is 0 Å². The molecule has 0 spiro atoms. The molecule has 0 radical (unpaired) electrons. The maximum Gasteiger partial charge on any atom is 0.500 e. The fourth-order valence-electron chi connectivity index (χ4n) is 1.51. The second kappa shape index (κ2) is 15.1. The van der Waals surface area contributed by atoms with Gasteiger partial charge in [0.25, 0.3) is 0 Å². The van der Waals surface area contributed by atoms with Crippen LogP contribution in [-0.4, -0.2) is 35.2 Å². The van der Waals surface area contributed by atoms with Crippen molar-refractivity contribution in [1.29, 1.82) is 0 Å². The van der Waals surface area contributed by atoms with Gasteiger partial charge in [0.1, 0.15) is 0 Å². The lowest BCUT2D eigenvalue weighted by Gasteiger charge is -2.28. The van der Waals surface area contributed by atoms with Crippen LogP contribution < -0.4 is 20.3 Å². The van der Waals surface area contributed by atoms with E-state index in [1.165, 1.54) is 0 Å². The molecular formula is C9H29N4O3P3Si.